The molecule has 10 nitrogen and oxygen atoms in total. The quantitative estimate of drug-likeness (QED) is 0.163. The molecule has 1 aliphatic rings. The first-order chi connectivity index (χ1) is 22.9. The van der Waals surface area contributed by atoms with Crippen LogP contribution in [0.1, 0.15) is 50.2 Å². The molecule has 0 radical (unpaired) electrons. The maximum Gasteiger partial charge on any atom is 0.253 e. The van der Waals surface area contributed by atoms with Crippen molar-refractivity contribution in [3.05, 3.63) is 117 Å². The molecule has 0 spiro atoms. The lowest BCUT2D eigenvalue weighted by Gasteiger charge is -2.22. The smallest absolute Gasteiger partial charge is 0.253 e. The minimum Gasteiger partial charge on any atom is -0.497 e. The van der Waals surface area contributed by atoms with Crippen LogP contribution in [0.25, 0.3) is 5.69 Å². The molecule has 0 bridgehead atoms. The zero-order chi connectivity index (χ0) is 32.9. The first-order valence-electron chi connectivity index (χ1n) is 15.0. The molecule has 1 atom stereocenters. The van der Waals surface area contributed by atoms with E-state index in [-0.39, 0.29) is 30.2 Å². The number of aryl methyl sites for hydroxylation is 1. The average Bonchev–Trinajstić information content (AvgIpc) is 3.88. The van der Waals surface area contributed by atoms with Gasteiger partial charge in [0.05, 0.1) is 48.8 Å². The van der Waals surface area contributed by atoms with Gasteiger partial charge in [0.25, 0.3) is 11.8 Å². The second-order valence-corrected chi connectivity index (χ2v) is 12.8. The lowest BCUT2D eigenvalue weighted by atomic mass is 10.0. The predicted molar refractivity (Wildman–Crippen MR) is 184 cm³/mol. The summed E-state index contributed by atoms with van der Waals surface area (Å²) >= 11 is 2.90. The summed E-state index contributed by atoms with van der Waals surface area (Å²) in [7, 11) is 3.21. The molecule has 2 aromatic heterocycles. The minimum atomic E-state index is -0.245. The molecule has 1 N–H and O–H groups in total. The molecule has 5 aromatic rings. The fourth-order valence-corrected chi connectivity index (χ4v) is 6.88. The van der Waals surface area contributed by atoms with E-state index in [1.165, 1.54) is 11.8 Å². The summed E-state index contributed by atoms with van der Waals surface area (Å²) in [4.78, 5) is 27.9. The highest BCUT2D eigenvalue weighted by Gasteiger charge is 2.34. The summed E-state index contributed by atoms with van der Waals surface area (Å²) < 4.78 is 12.5. The zero-order valence-electron chi connectivity index (χ0n) is 26.5. The van der Waals surface area contributed by atoms with E-state index in [0.717, 1.165) is 38.7 Å². The third kappa shape index (κ3) is 6.93. The molecule has 1 unspecified atom stereocenters. The normalized spacial score (nSPS) is 14.2. The number of thioether (sulfide) groups is 1. The highest BCUT2D eigenvalue weighted by Crippen LogP contribution is 2.35. The second kappa shape index (κ2) is 14.2. The molecule has 12 heteroatoms. The van der Waals surface area contributed by atoms with Crippen LogP contribution in [-0.2, 0) is 11.3 Å². The van der Waals surface area contributed by atoms with Gasteiger partial charge in [0, 0.05) is 12.0 Å². The molecule has 1 aliphatic heterocycles. The highest BCUT2D eigenvalue weighted by molar-refractivity contribution is 7.99. The van der Waals surface area contributed by atoms with E-state index in [4.69, 9.17) is 14.6 Å². The molecule has 0 aliphatic carbocycles. The van der Waals surface area contributed by atoms with E-state index in [1.807, 2.05) is 78.4 Å². The average molecular weight is 667 g/mol. The molecule has 3 aromatic carbocycles. The zero-order valence-corrected chi connectivity index (χ0v) is 28.1. The van der Waals surface area contributed by atoms with Crippen LogP contribution < -0.4 is 14.8 Å². The summed E-state index contributed by atoms with van der Waals surface area (Å²) in [6, 6.07) is 24.4. The maximum atomic E-state index is 13.9. The summed E-state index contributed by atoms with van der Waals surface area (Å²) in [6.07, 6.45) is 0.611. The Morgan fingerprint density at radius 3 is 2.34 bits per heavy atom. The molecule has 0 saturated carbocycles. The Kier molecular flexibility index (Phi) is 9.69. The predicted octanol–water partition coefficient (Wildman–Crippen LogP) is 6.36. The van der Waals surface area contributed by atoms with E-state index in [2.05, 4.69) is 15.5 Å². The summed E-state index contributed by atoms with van der Waals surface area (Å²) in [5.74, 6) is 1.67. The standard InChI is InChI=1S/C35H34N6O4S2/c1-22-7-5-8-29(23(22)2)40-32(20-36-34(43)25-12-16-27(45-4)17-13-25)37-38-35(40)47-21-33(42)41-30(24-10-14-26(44-3)15-11-24)19-28(39-41)31-9-6-18-46-31/h5-18,30H,19-21H2,1-4H3,(H,36,43). The first kappa shape index (κ1) is 32.0. The van der Waals surface area contributed by atoms with Crippen molar-refractivity contribution in [2.75, 3.05) is 20.0 Å². The van der Waals surface area contributed by atoms with Gasteiger partial charge in [-0.15, -0.1) is 21.5 Å². The number of carbonyl (C=O) groups is 2. The Bertz CT molecular complexity index is 1900. The lowest BCUT2D eigenvalue weighted by molar-refractivity contribution is -0.130. The topological polar surface area (TPSA) is 111 Å². The second-order valence-electron chi connectivity index (χ2n) is 10.9. The van der Waals surface area contributed by atoms with Gasteiger partial charge in [0.15, 0.2) is 11.0 Å². The van der Waals surface area contributed by atoms with Gasteiger partial charge in [0.2, 0.25) is 0 Å². The molecule has 0 saturated heterocycles. The Morgan fingerprint density at radius 1 is 0.936 bits per heavy atom. The van der Waals surface area contributed by atoms with Crippen LogP contribution in [0.2, 0.25) is 0 Å². The van der Waals surface area contributed by atoms with Crippen molar-refractivity contribution in [1.29, 1.82) is 0 Å². The molecule has 240 valence electrons. The van der Waals surface area contributed by atoms with Crippen molar-refractivity contribution in [3.8, 4) is 17.2 Å². The summed E-state index contributed by atoms with van der Waals surface area (Å²) in [6.45, 7) is 4.22. The number of benzene rings is 3. The lowest BCUT2D eigenvalue weighted by Crippen LogP contribution is -2.28. The van der Waals surface area contributed by atoms with E-state index in [9.17, 15) is 9.59 Å². The number of hydrazone groups is 1. The third-order valence-corrected chi connectivity index (χ3v) is 9.91. The van der Waals surface area contributed by atoms with Crippen molar-refractivity contribution in [2.24, 2.45) is 5.10 Å². The van der Waals surface area contributed by atoms with E-state index < -0.39 is 0 Å². The van der Waals surface area contributed by atoms with Gasteiger partial charge in [-0.2, -0.15) is 5.10 Å². The van der Waals surface area contributed by atoms with Crippen molar-refractivity contribution in [3.63, 3.8) is 0 Å². The number of rotatable bonds is 11. The van der Waals surface area contributed by atoms with Gasteiger partial charge in [0.1, 0.15) is 11.5 Å². The van der Waals surface area contributed by atoms with Crippen LogP contribution in [0, 0.1) is 13.8 Å². The highest BCUT2D eigenvalue weighted by atomic mass is 32.2. The van der Waals surface area contributed by atoms with E-state index in [1.54, 1.807) is 54.8 Å². The van der Waals surface area contributed by atoms with Crippen molar-refractivity contribution in [1.82, 2.24) is 25.1 Å². The van der Waals surface area contributed by atoms with Crippen LogP contribution in [0.3, 0.4) is 0 Å². The number of nitrogens with zero attached hydrogens (tertiary/aromatic N) is 5. The third-order valence-electron chi connectivity index (χ3n) is 8.07. The van der Waals surface area contributed by atoms with E-state index in [0.29, 0.717) is 28.7 Å². The number of hydrogen-bond donors (Lipinski definition) is 1. The Morgan fingerprint density at radius 2 is 1.66 bits per heavy atom. The number of hydrogen-bond acceptors (Lipinski definition) is 9. The van der Waals surface area contributed by atoms with Gasteiger partial charge in [-0.1, -0.05) is 42.1 Å². The largest absolute Gasteiger partial charge is 0.497 e. The number of aromatic nitrogens is 3. The van der Waals surface area contributed by atoms with Gasteiger partial charge in [-0.3, -0.25) is 14.2 Å². The SMILES string of the molecule is COc1ccc(C(=O)NCc2nnc(SCC(=O)N3N=C(c4cccs4)CC3c3ccc(OC)cc3)n2-c2cccc(C)c2C)cc1. The van der Waals surface area contributed by atoms with Crippen molar-refractivity contribution < 1.29 is 19.1 Å². The molecular formula is C35H34N6O4S2. The number of methoxy groups -OCH3 is 2. The fraction of sp³-hybridized carbons (Fsp3) is 0.229. The fourth-order valence-electron chi connectivity index (χ4n) is 5.34. The number of ether oxygens (including phenoxy) is 2. The van der Waals surface area contributed by atoms with Crippen molar-refractivity contribution in [2.45, 2.75) is 38.0 Å². The molecule has 47 heavy (non-hydrogen) atoms. The van der Waals surface area contributed by atoms with Gasteiger partial charge >= 0.3 is 0 Å². The molecule has 0 fully saturated rings. The molecule has 6 rings (SSSR count). The van der Waals surface area contributed by atoms with Crippen LogP contribution in [0.5, 0.6) is 11.5 Å². The van der Waals surface area contributed by atoms with Gasteiger partial charge in [-0.05, 0) is 84.4 Å². The molecular weight excluding hydrogens is 633 g/mol. The maximum absolute atomic E-state index is 13.9. The van der Waals surface area contributed by atoms with Gasteiger partial charge < -0.3 is 14.8 Å². The molecule has 2 amide bonds. The summed E-state index contributed by atoms with van der Waals surface area (Å²) in [5.41, 5.74) is 5.40. The van der Waals surface area contributed by atoms with Gasteiger partial charge in [-0.25, -0.2) is 5.01 Å². The van der Waals surface area contributed by atoms with Crippen molar-refractivity contribution >= 4 is 40.6 Å². The van der Waals surface area contributed by atoms with E-state index >= 15 is 0 Å². The van der Waals surface area contributed by atoms with Crippen LogP contribution in [0.4, 0.5) is 0 Å². The molecule has 3 heterocycles. The summed E-state index contributed by atoms with van der Waals surface area (Å²) in [5, 5.41) is 20.8. The Hall–Kier alpha value is -4.94. The Labute approximate surface area is 281 Å². The number of carbonyl (C=O) groups excluding carboxylic acids is 2. The number of thiophene rings is 1. The monoisotopic (exact) mass is 666 g/mol. The van der Waals surface area contributed by atoms with Crippen LogP contribution in [-0.4, -0.2) is 57.3 Å². The van der Waals surface area contributed by atoms with Crippen LogP contribution in [0.15, 0.2) is 94.5 Å². The van der Waals surface area contributed by atoms with Crippen LogP contribution >= 0.6 is 23.1 Å². The number of amides is 2. The first-order valence-corrected chi connectivity index (χ1v) is 16.9. The number of nitrogens with one attached hydrogen (secondary N) is 1. The minimum absolute atomic E-state index is 0.0923. The Balaban J connectivity index is 1.25.